The van der Waals surface area contributed by atoms with E-state index in [0.29, 0.717) is 6.54 Å². The Balaban J connectivity index is 4.05. The van der Waals surface area contributed by atoms with Crippen molar-refractivity contribution >= 4 is 10.0 Å². The molecule has 2 atom stereocenters. The maximum atomic E-state index is 11.9. The van der Waals surface area contributed by atoms with Crippen molar-refractivity contribution in [3.05, 3.63) is 0 Å². The van der Waals surface area contributed by atoms with Crippen LogP contribution in [0.2, 0.25) is 0 Å². The maximum absolute atomic E-state index is 11.9. The second kappa shape index (κ2) is 8.89. The monoisotopic (exact) mass is 264 g/mol. The van der Waals surface area contributed by atoms with E-state index < -0.39 is 10.0 Å². The quantitative estimate of drug-likeness (QED) is 0.592. The van der Waals surface area contributed by atoms with Gasteiger partial charge in [0.15, 0.2) is 0 Å². The molecule has 0 aromatic rings. The molecule has 104 valence electrons. The third-order valence-corrected chi connectivity index (χ3v) is 4.77. The minimum atomic E-state index is -3.18. The highest BCUT2D eigenvalue weighted by Gasteiger charge is 2.21. The van der Waals surface area contributed by atoms with E-state index in [1.165, 1.54) is 6.42 Å². The summed E-state index contributed by atoms with van der Waals surface area (Å²) in [5, 5.41) is 2.68. The summed E-state index contributed by atoms with van der Waals surface area (Å²) in [6.07, 6.45) is 4.33. The van der Waals surface area contributed by atoms with Crippen molar-refractivity contribution in [1.82, 2.24) is 10.0 Å². The van der Waals surface area contributed by atoms with Crippen molar-refractivity contribution in [2.75, 3.05) is 13.1 Å². The Kier molecular flexibility index (Phi) is 8.82. The molecule has 0 bridgehead atoms. The van der Waals surface area contributed by atoms with Crippen LogP contribution in [0.25, 0.3) is 0 Å². The van der Waals surface area contributed by atoms with Crippen LogP contribution in [0.5, 0.6) is 0 Å². The van der Waals surface area contributed by atoms with Gasteiger partial charge in [-0.1, -0.05) is 33.1 Å². The predicted molar refractivity (Wildman–Crippen MR) is 73.7 cm³/mol. The molecular weight excluding hydrogens is 236 g/mol. The van der Waals surface area contributed by atoms with Gasteiger partial charge in [0.25, 0.3) is 0 Å². The molecule has 5 heteroatoms. The van der Waals surface area contributed by atoms with E-state index in [0.717, 1.165) is 25.8 Å². The fourth-order valence-corrected chi connectivity index (χ4v) is 2.86. The third kappa shape index (κ3) is 7.73. The first-order valence-electron chi connectivity index (χ1n) is 6.65. The molecule has 0 saturated carbocycles. The smallest absolute Gasteiger partial charge is 0.215 e. The number of unbranched alkanes of at least 4 members (excludes halogenated alkanes) is 2. The zero-order chi connectivity index (χ0) is 13.3. The molecule has 2 unspecified atom stereocenters. The normalized spacial score (nSPS) is 15.8. The molecule has 0 saturated heterocycles. The zero-order valence-electron chi connectivity index (χ0n) is 11.6. The second-order valence-corrected chi connectivity index (χ2v) is 6.81. The molecule has 0 aliphatic heterocycles. The third-order valence-electron chi connectivity index (χ3n) is 2.82. The van der Waals surface area contributed by atoms with Crippen LogP contribution in [0.4, 0.5) is 0 Å². The van der Waals surface area contributed by atoms with Gasteiger partial charge in [-0.2, -0.15) is 0 Å². The van der Waals surface area contributed by atoms with E-state index in [4.69, 9.17) is 0 Å². The molecule has 17 heavy (non-hydrogen) atoms. The van der Waals surface area contributed by atoms with Crippen molar-refractivity contribution in [1.29, 1.82) is 0 Å². The molecule has 0 aliphatic carbocycles. The van der Waals surface area contributed by atoms with Crippen LogP contribution < -0.4 is 10.0 Å². The van der Waals surface area contributed by atoms with Gasteiger partial charge in [-0.25, -0.2) is 13.1 Å². The van der Waals surface area contributed by atoms with Crippen molar-refractivity contribution in [2.45, 2.75) is 64.7 Å². The van der Waals surface area contributed by atoms with Crippen molar-refractivity contribution in [2.24, 2.45) is 0 Å². The van der Waals surface area contributed by atoms with Crippen LogP contribution in [-0.2, 0) is 10.0 Å². The number of nitrogens with one attached hydrogen (secondary N) is 2. The molecule has 0 aliphatic rings. The molecule has 0 rings (SSSR count). The summed E-state index contributed by atoms with van der Waals surface area (Å²) in [5.74, 6) is 0. The van der Waals surface area contributed by atoms with Gasteiger partial charge in [0.1, 0.15) is 0 Å². The molecule has 0 fully saturated rings. The first-order valence-corrected chi connectivity index (χ1v) is 8.20. The van der Waals surface area contributed by atoms with Gasteiger partial charge < -0.3 is 5.32 Å². The lowest BCUT2D eigenvalue weighted by atomic mass is 10.1. The van der Waals surface area contributed by atoms with Crippen molar-refractivity contribution in [3.63, 3.8) is 0 Å². The van der Waals surface area contributed by atoms with Gasteiger partial charge in [0.2, 0.25) is 10.0 Å². The van der Waals surface area contributed by atoms with Gasteiger partial charge in [-0.15, -0.1) is 0 Å². The van der Waals surface area contributed by atoms with Crippen LogP contribution in [0.1, 0.15) is 53.4 Å². The van der Waals surface area contributed by atoms with Crippen LogP contribution in [0.15, 0.2) is 0 Å². The second-order valence-electron chi connectivity index (χ2n) is 4.68. The van der Waals surface area contributed by atoms with Gasteiger partial charge in [-0.05, 0) is 26.8 Å². The lowest BCUT2D eigenvalue weighted by Crippen LogP contribution is -2.42. The first-order chi connectivity index (χ1) is 7.94. The van der Waals surface area contributed by atoms with E-state index in [9.17, 15) is 8.42 Å². The minimum Gasteiger partial charge on any atom is -0.316 e. The molecule has 2 N–H and O–H groups in total. The highest BCUT2D eigenvalue weighted by molar-refractivity contribution is 7.90. The van der Waals surface area contributed by atoms with E-state index in [1.54, 1.807) is 6.92 Å². The van der Waals surface area contributed by atoms with Crippen LogP contribution in [0, 0.1) is 0 Å². The molecule has 0 aromatic carbocycles. The maximum Gasteiger partial charge on any atom is 0.215 e. The highest BCUT2D eigenvalue weighted by atomic mass is 32.2. The molecule has 0 radical (unpaired) electrons. The summed E-state index contributed by atoms with van der Waals surface area (Å²) in [5.41, 5.74) is 0. The van der Waals surface area contributed by atoms with Gasteiger partial charge >= 0.3 is 0 Å². The van der Waals surface area contributed by atoms with Crippen LogP contribution in [0.3, 0.4) is 0 Å². The van der Waals surface area contributed by atoms with Gasteiger partial charge in [-0.3, -0.25) is 0 Å². The topological polar surface area (TPSA) is 58.2 Å². The van der Waals surface area contributed by atoms with E-state index in [2.05, 4.69) is 17.0 Å². The van der Waals surface area contributed by atoms with Crippen molar-refractivity contribution < 1.29 is 8.42 Å². The fourth-order valence-electron chi connectivity index (χ4n) is 1.61. The summed E-state index contributed by atoms with van der Waals surface area (Å²) >= 11 is 0. The van der Waals surface area contributed by atoms with E-state index in [-0.39, 0.29) is 11.3 Å². The average Bonchev–Trinajstić information content (AvgIpc) is 2.25. The summed E-state index contributed by atoms with van der Waals surface area (Å²) < 4.78 is 26.6. The Hall–Kier alpha value is -0.130. The summed E-state index contributed by atoms with van der Waals surface area (Å²) in [6, 6.07) is 0.0376. The highest BCUT2D eigenvalue weighted by Crippen LogP contribution is 2.06. The Morgan fingerprint density at radius 2 is 1.76 bits per heavy atom. The molecule has 0 heterocycles. The van der Waals surface area contributed by atoms with Crippen molar-refractivity contribution in [3.8, 4) is 0 Å². The number of hydrogen-bond donors (Lipinski definition) is 2. The Morgan fingerprint density at radius 1 is 1.12 bits per heavy atom. The lowest BCUT2D eigenvalue weighted by Gasteiger charge is -2.18. The molecule has 0 spiro atoms. The predicted octanol–water partition coefficient (Wildman–Crippen LogP) is 1.87. The fraction of sp³-hybridized carbons (Fsp3) is 1.00. The lowest BCUT2D eigenvalue weighted by molar-refractivity contribution is 0.516. The number of hydrogen-bond acceptors (Lipinski definition) is 3. The molecule has 0 aromatic heterocycles. The largest absolute Gasteiger partial charge is 0.316 e. The molecule has 0 amide bonds. The van der Waals surface area contributed by atoms with E-state index >= 15 is 0 Å². The Morgan fingerprint density at radius 3 is 2.29 bits per heavy atom. The van der Waals surface area contributed by atoms with Gasteiger partial charge in [0, 0.05) is 12.6 Å². The van der Waals surface area contributed by atoms with Gasteiger partial charge in [0.05, 0.1) is 5.25 Å². The summed E-state index contributed by atoms with van der Waals surface area (Å²) in [6.45, 7) is 9.10. The molecule has 4 nitrogen and oxygen atoms in total. The standard InChI is InChI=1S/C12H28N2O2S/c1-5-7-8-9-11(3)14-17(15,16)12(4)10-13-6-2/h11-14H,5-10H2,1-4H3. The average molecular weight is 264 g/mol. The minimum absolute atomic E-state index is 0.0376. The SMILES string of the molecule is CCCCCC(C)NS(=O)(=O)C(C)CNCC. The number of sulfonamides is 1. The zero-order valence-corrected chi connectivity index (χ0v) is 12.4. The van der Waals surface area contributed by atoms with Crippen LogP contribution in [-0.4, -0.2) is 32.8 Å². The summed E-state index contributed by atoms with van der Waals surface area (Å²) in [7, 11) is -3.18. The number of rotatable bonds is 10. The van der Waals surface area contributed by atoms with E-state index in [1.807, 2.05) is 13.8 Å². The Labute approximate surface area is 107 Å². The first kappa shape index (κ1) is 16.9. The summed E-state index contributed by atoms with van der Waals surface area (Å²) in [4.78, 5) is 0. The molecular formula is C12H28N2O2S. The Bertz CT molecular complexity index is 278. The van der Waals surface area contributed by atoms with Crippen LogP contribution >= 0.6 is 0 Å².